The van der Waals surface area contributed by atoms with E-state index >= 15 is 0 Å². The van der Waals surface area contributed by atoms with Crippen molar-refractivity contribution in [3.8, 4) is 0 Å². The Morgan fingerprint density at radius 3 is 3.08 bits per heavy atom. The van der Waals surface area contributed by atoms with E-state index in [2.05, 4.69) is 5.10 Å². The maximum Gasteiger partial charge on any atom is 0.345 e. The first-order chi connectivity index (χ1) is 5.83. The Kier molecular flexibility index (Phi) is 1.73. The number of aromatic nitrogens is 3. The Morgan fingerprint density at radius 2 is 2.42 bits per heavy atom. The summed E-state index contributed by atoms with van der Waals surface area (Å²) in [4.78, 5) is 11.5. The van der Waals surface area contributed by atoms with Gasteiger partial charge in [-0.15, -0.1) is 0 Å². The predicted molar refractivity (Wildman–Crippen MR) is 43.9 cm³/mol. The Morgan fingerprint density at radius 1 is 1.58 bits per heavy atom. The molecule has 5 nitrogen and oxygen atoms in total. The molecule has 0 spiro atoms. The first kappa shape index (κ1) is 7.54. The summed E-state index contributed by atoms with van der Waals surface area (Å²) in [6, 6.07) is 0. The molecule has 12 heavy (non-hydrogen) atoms. The Labute approximate surface area is 69.8 Å². The van der Waals surface area contributed by atoms with Crippen molar-refractivity contribution in [3.05, 3.63) is 16.3 Å². The van der Waals surface area contributed by atoms with Gasteiger partial charge in [0.15, 0.2) is 0 Å². The lowest BCUT2D eigenvalue weighted by molar-refractivity contribution is 0.571. The number of hydrogen-bond donors (Lipinski definition) is 1. The molecule has 0 saturated carbocycles. The van der Waals surface area contributed by atoms with Crippen LogP contribution in [0.25, 0.3) is 0 Å². The molecular weight excluding hydrogens is 156 g/mol. The van der Waals surface area contributed by atoms with Gasteiger partial charge < -0.3 is 5.73 Å². The quantitative estimate of drug-likeness (QED) is 0.612. The molecule has 1 aliphatic rings. The highest BCUT2D eigenvalue weighted by atomic mass is 16.2. The number of rotatable bonds is 2. The van der Waals surface area contributed by atoms with Gasteiger partial charge in [-0.05, 0) is 6.42 Å². The molecule has 0 atom stereocenters. The summed E-state index contributed by atoms with van der Waals surface area (Å²) >= 11 is 0. The standard InChI is InChI=1S/C7H12N4O/c8-3-5-11-7(12)10-4-1-2-6(10)9-11/h1-5,8H2. The van der Waals surface area contributed by atoms with E-state index in [-0.39, 0.29) is 5.69 Å². The largest absolute Gasteiger partial charge is 0.345 e. The molecule has 1 aromatic heterocycles. The second kappa shape index (κ2) is 2.75. The van der Waals surface area contributed by atoms with Crippen molar-refractivity contribution < 1.29 is 0 Å². The van der Waals surface area contributed by atoms with Gasteiger partial charge in [-0.1, -0.05) is 0 Å². The molecule has 0 aliphatic carbocycles. The highest BCUT2D eigenvalue weighted by molar-refractivity contribution is 4.93. The van der Waals surface area contributed by atoms with Crippen LogP contribution in [0.4, 0.5) is 0 Å². The summed E-state index contributed by atoms with van der Waals surface area (Å²) < 4.78 is 3.18. The van der Waals surface area contributed by atoms with Crippen molar-refractivity contribution in [2.45, 2.75) is 25.9 Å². The molecule has 0 amide bonds. The number of nitrogens with two attached hydrogens (primary N) is 1. The predicted octanol–water partition coefficient (Wildman–Crippen LogP) is -1.05. The highest BCUT2D eigenvalue weighted by Crippen LogP contribution is 2.07. The number of hydrogen-bond acceptors (Lipinski definition) is 3. The molecule has 1 aliphatic heterocycles. The lowest BCUT2D eigenvalue weighted by Crippen LogP contribution is -2.27. The van der Waals surface area contributed by atoms with Gasteiger partial charge in [0.1, 0.15) is 5.82 Å². The minimum atomic E-state index is -0.00653. The summed E-state index contributed by atoms with van der Waals surface area (Å²) in [6.07, 6.45) is 1.97. The van der Waals surface area contributed by atoms with Crippen molar-refractivity contribution in [1.82, 2.24) is 14.3 Å². The lowest BCUT2D eigenvalue weighted by Gasteiger charge is -1.94. The Balaban J connectivity index is 2.41. The molecule has 5 heteroatoms. The molecular formula is C7H12N4O. The molecule has 66 valence electrons. The van der Waals surface area contributed by atoms with E-state index in [0.29, 0.717) is 13.1 Å². The SMILES string of the molecule is NCCn1nc2n(c1=O)CCC2. The van der Waals surface area contributed by atoms with Crippen LogP contribution in [0, 0.1) is 0 Å². The zero-order valence-electron chi connectivity index (χ0n) is 6.86. The van der Waals surface area contributed by atoms with Gasteiger partial charge in [0.05, 0.1) is 6.54 Å². The molecule has 0 unspecified atom stereocenters. The first-order valence-electron chi connectivity index (χ1n) is 4.19. The molecule has 1 aromatic rings. The third-order valence-electron chi connectivity index (χ3n) is 2.12. The average Bonchev–Trinajstić information content (AvgIpc) is 2.58. The molecule has 2 N–H and O–H groups in total. The van der Waals surface area contributed by atoms with Gasteiger partial charge in [0.25, 0.3) is 0 Å². The van der Waals surface area contributed by atoms with E-state index < -0.39 is 0 Å². The van der Waals surface area contributed by atoms with Crippen LogP contribution in [-0.4, -0.2) is 20.9 Å². The van der Waals surface area contributed by atoms with Gasteiger partial charge in [-0.2, -0.15) is 5.10 Å². The van der Waals surface area contributed by atoms with Crippen LogP contribution in [0.5, 0.6) is 0 Å². The molecule has 0 radical (unpaired) electrons. The van der Waals surface area contributed by atoms with E-state index in [1.807, 2.05) is 0 Å². The third-order valence-corrected chi connectivity index (χ3v) is 2.12. The molecule has 2 rings (SSSR count). The fourth-order valence-corrected chi connectivity index (χ4v) is 1.56. The van der Waals surface area contributed by atoms with Gasteiger partial charge in [-0.25, -0.2) is 9.48 Å². The zero-order chi connectivity index (χ0) is 8.55. The van der Waals surface area contributed by atoms with Crippen molar-refractivity contribution >= 4 is 0 Å². The van der Waals surface area contributed by atoms with Crippen molar-refractivity contribution in [1.29, 1.82) is 0 Å². The smallest absolute Gasteiger partial charge is 0.329 e. The van der Waals surface area contributed by atoms with E-state index in [9.17, 15) is 4.79 Å². The van der Waals surface area contributed by atoms with Crippen LogP contribution in [-0.2, 0) is 19.5 Å². The van der Waals surface area contributed by atoms with Crippen molar-refractivity contribution in [2.75, 3.05) is 6.54 Å². The average molecular weight is 168 g/mol. The highest BCUT2D eigenvalue weighted by Gasteiger charge is 2.17. The second-order valence-corrected chi connectivity index (χ2v) is 2.97. The van der Waals surface area contributed by atoms with E-state index in [4.69, 9.17) is 5.73 Å². The summed E-state index contributed by atoms with van der Waals surface area (Å²) in [7, 11) is 0. The maximum atomic E-state index is 11.5. The van der Waals surface area contributed by atoms with Crippen LogP contribution in [0.2, 0.25) is 0 Å². The summed E-state index contributed by atoms with van der Waals surface area (Å²) in [6.45, 7) is 1.81. The molecule has 0 saturated heterocycles. The van der Waals surface area contributed by atoms with E-state index in [1.54, 1.807) is 4.57 Å². The first-order valence-corrected chi connectivity index (χ1v) is 4.19. The van der Waals surface area contributed by atoms with Crippen molar-refractivity contribution in [3.63, 3.8) is 0 Å². The Hall–Kier alpha value is -1.10. The van der Waals surface area contributed by atoms with Crippen LogP contribution in [0.3, 0.4) is 0 Å². The van der Waals surface area contributed by atoms with Crippen LogP contribution in [0.1, 0.15) is 12.2 Å². The number of nitrogens with zero attached hydrogens (tertiary/aromatic N) is 3. The van der Waals surface area contributed by atoms with Crippen LogP contribution < -0.4 is 11.4 Å². The zero-order valence-corrected chi connectivity index (χ0v) is 6.86. The minimum Gasteiger partial charge on any atom is -0.329 e. The number of fused-ring (bicyclic) bond motifs is 1. The molecule has 0 aromatic carbocycles. The summed E-state index contributed by atoms with van der Waals surface area (Å²) in [5.41, 5.74) is 5.33. The summed E-state index contributed by atoms with van der Waals surface area (Å²) in [5.74, 6) is 0.911. The molecule has 2 heterocycles. The summed E-state index contributed by atoms with van der Waals surface area (Å²) in [5, 5.41) is 4.17. The lowest BCUT2D eigenvalue weighted by atomic mass is 10.4. The minimum absolute atomic E-state index is 0.00653. The maximum absolute atomic E-state index is 11.5. The Bertz CT molecular complexity index is 338. The third kappa shape index (κ3) is 0.972. The fourth-order valence-electron chi connectivity index (χ4n) is 1.56. The van der Waals surface area contributed by atoms with Crippen LogP contribution in [0.15, 0.2) is 4.79 Å². The monoisotopic (exact) mass is 168 g/mol. The van der Waals surface area contributed by atoms with Gasteiger partial charge in [0.2, 0.25) is 0 Å². The molecule has 0 bridgehead atoms. The van der Waals surface area contributed by atoms with Crippen LogP contribution >= 0.6 is 0 Å². The number of aryl methyl sites for hydroxylation is 1. The fraction of sp³-hybridized carbons (Fsp3) is 0.714. The van der Waals surface area contributed by atoms with Gasteiger partial charge >= 0.3 is 5.69 Å². The van der Waals surface area contributed by atoms with Gasteiger partial charge in [0, 0.05) is 19.5 Å². The van der Waals surface area contributed by atoms with E-state index in [1.165, 1.54) is 4.68 Å². The topological polar surface area (TPSA) is 65.8 Å². The normalized spacial score (nSPS) is 15.1. The van der Waals surface area contributed by atoms with Gasteiger partial charge in [-0.3, -0.25) is 4.57 Å². The second-order valence-electron chi connectivity index (χ2n) is 2.97. The van der Waals surface area contributed by atoms with E-state index in [0.717, 1.165) is 25.2 Å². The van der Waals surface area contributed by atoms with Crippen molar-refractivity contribution in [2.24, 2.45) is 5.73 Å². The molecule has 0 fully saturated rings.